The molecule has 166 valence electrons. The van der Waals surface area contributed by atoms with Gasteiger partial charge in [-0.2, -0.15) is 0 Å². The Morgan fingerprint density at radius 2 is 1.59 bits per heavy atom. The van der Waals surface area contributed by atoms with Crippen molar-refractivity contribution in [3.05, 3.63) is 88.9 Å². The molecule has 1 atom stereocenters. The molecule has 0 saturated heterocycles. The third kappa shape index (κ3) is 5.66. The molecule has 0 aliphatic rings. The van der Waals surface area contributed by atoms with Gasteiger partial charge in [0.15, 0.2) is 0 Å². The highest BCUT2D eigenvalue weighted by Crippen LogP contribution is 2.26. The van der Waals surface area contributed by atoms with Crippen molar-refractivity contribution in [2.75, 3.05) is 10.0 Å². The molecular weight excluding hydrogens is 450 g/mol. The lowest BCUT2D eigenvalue weighted by atomic mass is 10.2. The smallest absolute Gasteiger partial charge is 0.262 e. The zero-order valence-corrected chi connectivity index (χ0v) is 19.0. The van der Waals surface area contributed by atoms with Crippen LogP contribution in [0.1, 0.15) is 22.8 Å². The molecule has 0 bridgehead atoms. The van der Waals surface area contributed by atoms with Gasteiger partial charge in [0.2, 0.25) is 5.91 Å². The van der Waals surface area contributed by atoms with E-state index in [4.69, 9.17) is 11.6 Å². The number of amides is 2. The van der Waals surface area contributed by atoms with E-state index in [0.29, 0.717) is 11.1 Å². The molecule has 7 nitrogen and oxygen atoms in total. The van der Waals surface area contributed by atoms with Crippen molar-refractivity contribution >= 4 is 44.8 Å². The lowest BCUT2D eigenvalue weighted by Gasteiger charge is -2.16. The number of rotatable bonds is 7. The van der Waals surface area contributed by atoms with Gasteiger partial charge in [-0.25, -0.2) is 8.42 Å². The molecule has 32 heavy (non-hydrogen) atoms. The van der Waals surface area contributed by atoms with Crippen LogP contribution in [0.5, 0.6) is 0 Å². The van der Waals surface area contributed by atoms with Crippen molar-refractivity contribution in [3.8, 4) is 0 Å². The molecule has 2 amide bonds. The summed E-state index contributed by atoms with van der Waals surface area (Å²) in [5, 5.41) is 5.52. The predicted octanol–water partition coefficient (Wildman–Crippen LogP) is 4.21. The van der Waals surface area contributed by atoms with Crippen molar-refractivity contribution in [2.45, 2.75) is 24.8 Å². The van der Waals surface area contributed by atoms with Gasteiger partial charge < -0.3 is 10.6 Å². The Labute approximate surface area is 191 Å². The minimum absolute atomic E-state index is 0.00352. The highest BCUT2D eigenvalue weighted by molar-refractivity contribution is 7.92. The number of hydrogen-bond donors (Lipinski definition) is 3. The van der Waals surface area contributed by atoms with E-state index in [1.165, 1.54) is 6.07 Å². The number of hydrogen-bond acceptors (Lipinski definition) is 4. The fraction of sp³-hybridized carbons (Fsp3) is 0.130. The lowest BCUT2D eigenvalue weighted by Crippen LogP contribution is -2.41. The van der Waals surface area contributed by atoms with Crippen LogP contribution in [-0.2, 0) is 14.8 Å². The molecule has 3 N–H and O–H groups in total. The fourth-order valence-corrected chi connectivity index (χ4v) is 4.49. The predicted molar refractivity (Wildman–Crippen MR) is 125 cm³/mol. The highest BCUT2D eigenvalue weighted by Gasteiger charge is 2.21. The van der Waals surface area contributed by atoms with Crippen molar-refractivity contribution in [1.29, 1.82) is 0 Å². The molecule has 0 aliphatic heterocycles. The van der Waals surface area contributed by atoms with Crippen LogP contribution in [0.3, 0.4) is 0 Å². The second-order valence-electron chi connectivity index (χ2n) is 7.12. The first-order valence-corrected chi connectivity index (χ1v) is 11.6. The van der Waals surface area contributed by atoms with E-state index in [1.807, 2.05) is 0 Å². The second-order valence-corrected chi connectivity index (χ2v) is 9.17. The van der Waals surface area contributed by atoms with Gasteiger partial charge >= 0.3 is 0 Å². The van der Waals surface area contributed by atoms with Crippen LogP contribution in [0, 0.1) is 6.92 Å². The van der Waals surface area contributed by atoms with E-state index in [2.05, 4.69) is 15.4 Å². The third-order valence-electron chi connectivity index (χ3n) is 4.64. The monoisotopic (exact) mass is 471 g/mol. The number of aryl methyl sites for hydroxylation is 1. The van der Waals surface area contributed by atoms with E-state index < -0.39 is 22.0 Å². The van der Waals surface area contributed by atoms with Gasteiger partial charge in [0.25, 0.3) is 15.9 Å². The number of carbonyl (C=O) groups is 2. The van der Waals surface area contributed by atoms with Gasteiger partial charge in [0, 0.05) is 11.3 Å². The number of anilines is 2. The molecule has 9 heteroatoms. The maximum absolute atomic E-state index is 12.9. The average Bonchev–Trinajstić information content (AvgIpc) is 2.77. The van der Waals surface area contributed by atoms with Crippen LogP contribution in [0.2, 0.25) is 5.02 Å². The molecule has 3 aromatic rings. The first-order chi connectivity index (χ1) is 15.2. The number of sulfonamides is 1. The second kappa shape index (κ2) is 9.84. The summed E-state index contributed by atoms with van der Waals surface area (Å²) in [4.78, 5) is 24.8. The Balaban J connectivity index is 1.74. The number of benzene rings is 3. The maximum atomic E-state index is 12.9. The Morgan fingerprint density at radius 3 is 2.28 bits per heavy atom. The third-order valence-corrected chi connectivity index (χ3v) is 6.48. The lowest BCUT2D eigenvalue weighted by molar-refractivity contribution is -0.117. The van der Waals surface area contributed by atoms with E-state index in [1.54, 1.807) is 80.6 Å². The fourth-order valence-electron chi connectivity index (χ4n) is 2.90. The van der Waals surface area contributed by atoms with Gasteiger partial charge in [-0.1, -0.05) is 48.0 Å². The summed E-state index contributed by atoms with van der Waals surface area (Å²) in [6.45, 7) is 3.19. The van der Waals surface area contributed by atoms with E-state index in [-0.39, 0.29) is 27.2 Å². The van der Waals surface area contributed by atoms with Crippen LogP contribution in [0.25, 0.3) is 0 Å². The molecule has 0 heterocycles. The van der Waals surface area contributed by atoms with Crippen LogP contribution >= 0.6 is 11.6 Å². The topological polar surface area (TPSA) is 104 Å². The first-order valence-electron chi connectivity index (χ1n) is 9.72. The van der Waals surface area contributed by atoms with Crippen LogP contribution in [-0.4, -0.2) is 26.3 Å². The van der Waals surface area contributed by atoms with Crippen molar-refractivity contribution < 1.29 is 18.0 Å². The number of halogens is 1. The van der Waals surface area contributed by atoms with Gasteiger partial charge in [-0.3, -0.25) is 14.3 Å². The summed E-state index contributed by atoms with van der Waals surface area (Å²) >= 11 is 6.06. The Hall–Kier alpha value is -3.36. The van der Waals surface area contributed by atoms with Crippen LogP contribution in [0.4, 0.5) is 11.4 Å². The first kappa shape index (κ1) is 23.3. The number of nitrogens with one attached hydrogen (secondary N) is 3. The zero-order chi connectivity index (χ0) is 23.3. The molecule has 1 unspecified atom stereocenters. The van der Waals surface area contributed by atoms with Gasteiger partial charge in [0.1, 0.15) is 6.04 Å². The summed E-state index contributed by atoms with van der Waals surface area (Å²) in [6, 6.07) is 18.7. The highest BCUT2D eigenvalue weighted by atomic mass is 35.5. The minimum Gasteiger partial charge on any atom is -0.341 e. The molecular formula is C23H22ClN3O4S. The zero-order valence-electron chi connectivity index (χ0n) is 17.4. The quantitative estimate of drug-likeness (QED) is 0.480. The standard InChI is InChI=1S/C23H22ClN3O4S/c1-15-12-13-18(14-21(15)32(30,31)27-20-11-7-6-10-19(20)24)26-22(28)16(2)25-23(29)17-8-4-3-5-9-17/h3-14,16,27H,1-2H3,(H,25,29)(H,26,28). The molecule has 0 aromatic heterocycles. The number of carbonyl (C=O) groups excluding carboxylic acids is 2. The molecule has 0 fully saturated rings. The average molecular weight is 472 g/mol. The van der Waals surface area contributed by atoms with E-state index in [9.17, 15) is 18.0 Å². The van der Waals surface area contributed by atoms with Gasteiger partial charge in [0.05, 0.1) is 15.6 Å². The Kier molecular flexibility index (Phi) is 7.17. The SMILES string of the molecule is Cc1ccc(NC(=O)C(C)NC(=O)c2ccccc2)cc1S(=O)(=O)Nc1ccccc1Cl. The summed E-state index contributed by atoms with van der Waals surface area (Å²) in [5.74, 6) is -0.870. The molecule has 0 aliphatic carbocycles. The Morgan fingerprint density at radius 1 is 0.938 bits per heavy atom. The summed E-state index contributed by atoms with van der Waals surface area (Å²) in [7, 11) is -3.96. The summed E-state index contributed by atoms with van der Waals surface area (Å²) in [5.41, 5.74) is 1.45. The summed E-state index contributed by atoms with van der Waals surface area (Å²) < 4.78 is 28.3. The van der Waals surface area contributed by atoms with Crippen molar-refractivity contribution in [3.63, 3.8) is 0 Å². The normalized spacial score (nSPS) is 12.0. The molecule has 0 saturated carbocycles. The van der Waals surface area contributed by atoms with E-state index in [0.717, 1.165) is 0 Å². The maximum Gasteiger partial charge on any atom is 0.262 e. The van der Waals surface area contributed by atoms with Crippen molar-refractivity contribution in [2.24, 2.45) is 0 Å². The minimum atomic E-state index is -3.96. The van der Waals surface area contributed by atoms with Gasteiger partial charge in [-0.05, 0) is 55.8 Å². The molecule has 3 rings (SSSR count). The van der Waals surface area contributed by atoms with E-state index >= 15 is 0 Å². The van der Waals surface area contributed by atoms with Crippen LogP contribution in [0.15, 0.2) is 77.7 Å². The van der Waals surface area contributed by atoms with Gasteiger partial charge in [-0.15, -0.1) is 0 Å². The molecule has 3 aromatic carbocycles. The molecule has 0 spiro atoms. The Bertz CT molecular complexity index is 1250. The summed E-state index contributed by atoms with van der Waals surface area (Å²) in [6.07, 6.45) is 0. The van der Waals surface area contributed by atoms with Crippen molar-refractivity contribution in [1.82, 2.24) is 5.32 Å². The molecule has 0 radical (unpaired) electrons. The van der Waals surface area contributed by atoms with Crippen LogP contribution < -0.4 is 15.4 Å². The number of para-hydroxylation sites is 1. The largest absolute Gasteiger partial charge is 0.341 e.